The molecule has 0 atom stereocenters. The molecule has 1 aromatic rings. The van der Waals surface area contributed by atoms with E-state index in [1.54, 1.807) is 7.11 Å². The predicted octanol–water partition coefficient (Wildman–Crippen LogP) is 2.69. The van der Waals surface area contributed by atoms with Crippen LogP contribution in [0.3, 0.4) is 0 Å². The lowest BCUT2D eigenvalue weighted by Crippen LogP contribution is -2.18. The molecule has 1 saturated heterocycles. The van der Waals surface area contributed by atoms with Crippen LogP contribution in [0.15, 0.2) is 18.2 Å². The monoisotopic (exact) mass is 222 g/mol. The average molecular weight is 222 g/mol. The maximum atomic E-state index is 5.60. The van der Waals surface area contributed by atoms with Gasteiger partial charge in [0, 0.05) is 5.56 Å². The molecule has 0 unspecified atom stereocenters. The zero-order valence-electron chi connectivity index (χ0n) is 9.86. The minimum Gasteiger partial charge on any atom is -0.496 e. The van der Waals surface area contributed by atoms with Crippen molar-refractivity contribution in [1.82, 2.24) is 0 Å². The number of benzene rings is 1. The molecule has 0 aromatic heterocycles. The standard InChI is InChI=1S/C13H18O3/c1-3-10-5-6-12(14-2)11(9-10)13-15-7-4-8-16-13/h5-6,9,13H,3-4,7-8H2,1-2H3. The van der Waals surface area contributed by atoms with E-state index in [1.807, 2.05) is 6.07 Å². The van der Waals surface area contributed by atoms with Crippen molar-refractivity contribution in [2.24, 2.45) is 0 Å². The zero-order chi connectivity index (χ0) is 11.4. The number of ether oxygens (including phenoxy) is 3. The van der Waals surface area contributed by atoms with Crippen LogP contribution in [-0.2, 0) is 15.9 Å². The summed E-state index contributed by atoms with van der Waals surface area (Å²) < 4.78 is 16.5. The van der Waals surface area contributed by atoms with E-state index < -0.39 is 0 Å². The van der Waals surface area contributed by atoms with Crippen LogP contribution in [0.25, 0.3) is 0 Å². The molecular weight excluding hydrogens is 204 g/mol. The van der Waals surface area contributed by atoms with Gasteiger partial charge >= 0.3 is 0 Å². The first kappa shape index (κ1) is 11.4. The first-order valence-electron chi connectivity index (χ1n) is 5.75. The number of aryl methyl sites for hydroxylation is 1. The lowest BCUT2D eigenvalue weighted by atomic mass is 10.1. The lowest BCUT2D eigenvalue weighted by molar-refractivity contribution is -0.183. The average Bonchev–Trinajstić information content (AvgIpc) is 2.39. The maximum absolute atomic E-state index is 5.60. The Hall–Kier alpha value is -1.06. The van der Waals surface area contributed by atoms with E-state index in [0.29, 0.717) is 0 Å². The summed E-state index contributed by atoms with van der Waals surface area (Å²) in [6, 6.07) is 6.16. The molecule has 0 saturated carbocycles. The van der Waals surface area contributed by atoms with Crippen LogP contribution < -0.4 is 4.74 Å². The molecule has 1 aliphatic rings. The van der Waals surface area contributed by atoms with Gasteiger partial charge in [-0.3, -0.25) is 0 Å². The van der Waals surface area contributed by atoms with Crippen LogP contribution in [0.4, 0.5) is 0 Å². The highest BCUT2D eigenvalue weighted by atomic mass is 16.7. The molecular formula is C13H18O3. The molecule has 0 radical (unpaired) electrons. The Morgan fingerprint density at radius 2 is 2.06 bits per heavy atom. The minimum atomic E-state index is -0.268. The topological polar surface area (TPSA) is 27.7 Å². The van der Waals surface area contributed by atoms with Crippen LogP contribution in [0, 0.1) is 0 Å². The fourth-order valence-corrected chi connectivity index (χ4v) is 1.86. The normalized spacial score (nSPS) is 17.4. The summed E-state index contributed by atoms with van der Waals surface area (Å²) in [6.45, 7) is 3.64. The van der Waals surface area contributed by atoms with Crippen molar-refractivity contribution in [2.75, 3.05) is 20.3 Å². The van der Waals surface area contributed by atoms with Gasteiger partial charge in [-0.15, -0.1) is 0 Å². The molecule has 0 N–H and O–H groups in total. The molecule has 1 heterocycles. The summed E-state index contributed by atoms with van der Waals surface area (Å²) in [4.78, 5) is 0. The number of rotatable bonds is 3. The Kier molecular flexibility index (Phi) is 3.80. The van der Waals surface area contributed by atoms with Gasteiger partial charge in [-0.2, -0.15) is 0 Å². The summed E-state index contributed by atoms with van der Waals surface area (Å²) >= 11 is 0. The van der Waals surface area contributed by atoms with Gasteiger partial charge in [-0.25, -0.2) is 0 Å². The second kappa shape index (κ2) is 5.32. The summed E-state index contributed by atoms with van der Waals surface area (Å²) in [5, 5.41) is 0. The van der Waals surface area contributed by atoms with E-state index in [2.05, 4.69) is 19.1 Å². The molecule has 0 amide bonds. The third-order valence-electron chi connectivity index (χ3n) is 2.78. The molecule has 0 spiro atoms. The Morgan fingerprint density at radius 3 is 2.69 bits per heavy atom. The lowest BCUT2D eigenvalue weighted by Gasteiger charge is -2.25. The molecule has 0 aliphatic carbocycles. The third kappa shape index (κ3) is 2.36. The predicted molar refractivity (Wildman–Crippen MR) is 61.6 cm³/mol. The third-order valence-corrected chi connectivity index (χ3v) is 2.78. The van der Waals surface area contributed by atoms with E-state index in [-0.39, 0.29) is 6.29 Å². The van der Waals surface area contributed by atoms with Crippen molar-refractivity contribution >= 4 is 0 Å². The van der Waals surface area contributed by atoms with Gasteiger partial charge in [-0.1, -0.05) is 13.0 Å². The molecule has 1 aliphatic heterocycles. The largest absolute Gasteiger partial charge is 0.496 e. The van der Waals surface area contributed by atoms with Crippen molar-refractivity contribution in [3.05, 3.63) is 29.3 Å². The summed E-state index contributed by atoms with van der Waals surface area (Å²) in [5.41, 5.74) is 2.27. The number of hydrogen-bond donors (Lipinski definition) is 0. The molecule has 3 heteroatoms. The quantitative estimate of drug-likeness (QED) is 0.787. The Morgan fingerprint density at radius 1 is 1.31 bits per heavy atom. The smallest absolute Gasteiger partial charge is 0.187 e. The molecule has 1 aromatic carbocycles. The van der Waals surface area contributed by atoms with Crippen molar-refractivity contribution in [2.45, 2.75) is 26.1 Å². The van der Waals surface area contributed by atoms with Gasteiger partial charge in [0.25, 0.3) is 0 Å². The van der Waals surface area contributed by atoms with Gasteiger partial charge in [0.15, 0.2) is 6.29 Å². The van der Waals surface area contributed by atoms with Crippen molar-refractivity contribution < 1.29 is 14.2 Å². The molecule has 88 valence electrons. The second-order valence-electron chi connectivity index (χ2n) is 3.86. The highest BCUT2D eigenvalue weighted by molar-refractivity contribution is 5.38. The van der Waals surface area contributed by atoms with Gasteiger partial charge in [0.2, 0.25) is 0 Å². The Labute approximate surface area is 96.3 Å². The molecule has 16 heavy (non-hydrogen) atoms. The van der Waals surface area contributed by atoms with Crippen LogP contribution >= 0.6 is 0 Å². The molecule has 1 fully saturated rings. The molecule has 2 rings (SSSR count). The van der Waals surface area contributed by atoms with Gasteiger partial charge in [0.1, 0.15) is 5.75 Å². The Balaban J connectivity index is 2.27. The number of methoxy groups -OCH3 is 1. The maximum Gasteiger partial charge on any atom is 0.187 e. The van der Waals surface area contributed by atoms with E-state index >= 15 is 0 Å². The highest BCUT2D eigenvalue weighted by Crippen LogP contribution is 2.31. The molecule has 0 bridgehead atoms. The van der Waals surface area contributed by atoms with Gasteiger partial charge < -0.3 is 14.2 Å². The second-order valence-corrected chi connectivity index (χ2v) is 3.86. The van der Waals surface area contributed by atoms with Gasteiger partial charge in [0.05, 0.1) is 20.3 Å². The van der Waals surface area contributed by atoms with E-state index in [0.717, 1.165) is 37.4 Å². The Bertz CT molecular complexity index is 343. The summed E-state index contributed by atoms with van der Waals surface area (Å²) in [6.07, 6.45) is 1.70. The number of hydrogen-bond acceptors (Lipinski definition) is 3. The van der Waals surface area contributed by atoms with Crippen LogP contribution in [0.5, 0.6) is 5.75 Å². The first-order valence-corrected chi connectivity index (χ1v) is 5.75. The SMILES string of the molecule is CCc1ccc(OC)c(C2OCCCO2)c1. The van der Waals surface area contributed by atoms with Crippen molar-refractivity contribution in [3.8, 4) is 5.75 Å². The molecule has 3 nitrogen and oxygen atoms in total. The summed E-state index contributed by atoms with van der Waals surface area (Å²) in [7, 11) is 1.67. The van der Waals surface area contributed by atoms with Crippen molar-refractivity contribution in [3.63, 3.8) is 0 Å². The highest BCUT2D eigenvalue weighted by Gasteiger charge is 2.20. The van der Waals surface area contributed by atoms with Crippen LogP contribution in [0.1, 0.15) is 30.8 Å². The van der Waals surface area contributed by atoms with Gasteiger partial charge in [-0.05, 0) is 30.5 Å². The summed E-state index contributed by atoms with van der Waals surface area (Å²) in [5.74, 6) is 0.837. The fourth-order valence-electron chi connectivity index (χ4n) is 1.86. The fraction of sp³-hybridized carbons (Fsp3) is 0.538. The van der Waals surface area contributed by atoms with E-state index in [1.165, 1.54) is 5.56 Å². The zero-order valence-corrected chi connectivity index (χ0v) is 9.86. The van der Waals surface area contributed by atoms with Crippen LogP contribution in [0.2, 0.25) is 0 Å². The van der Waals surface area contributed by atoms with E-state index in [4.69, 9.17) is 14.2 Å². The van der Waals surface area contributed by atoms with Crippen molar-refractivity contribution in [1.29, 1.82) is 0 Å². The first-order chi connectivity index (χ1) is 7.85. The van der Waals surface area contributed by atoms with E-state index in [9.17, 15) is 0 Å². The van der Waals surface area contributed by atoms with Crippen LogP contribution in [-0.4, -0.2) is 20.3 Å². The minimum absolute atomic E-state index is 0.268.